The van der Waals surface area contributed by atoms with Gasteiger partial charge in [0.15, 0.2) is 0 Å². The largest absolute Gasteiger partial charge is 0.444 e. The molecule has 0 saturated heterocycles. The maximum absolute atomic E-state index is 12.4. The van der Waals surface area contributed by atoms with Crippen LogP contribution in [0.4, 0.5) is 47.7 Å². The fourth-order valence-corrected chi connectivity index (χ4v) is 5.92. The van der Waals surface area contributed by atoms with Gasteiger partial charge in [0.1, 0.15) is 22.5 Å². The molecule has 0 atom stereocenters. The zero-order valence-electron chi connectivity index (χ0n) is 43.3. The zero-order chi connectivity index (χ0) is 55.6. The van der Waals surface area contributed by atoms with Crippen molar-refractivity contribution in [3.63, 3.8) is 0 Å². The van der Waals surface area contributed by atoms with Crippen LogP contribution in [0.15, 0.2) is 97.1 Å². The van der Waals surface area contributed by atoms with E-state index in [0.29, 0.717) is 69.9 Å². The number of benzene rings is 4. The molecule has 24 nitrogen and oxygen atoms in total. The molecule has 0 spiro atoms. The Morgan fingerprint density at radius 3 is 1.36 bits per heavy atom. The average Bonchev–Trinajstić information content (AvgIpc) is 3.80. The Kier molecular flexibility index (Phi) is 25.0. The lowest BCUT2D eigenvalue weighted by Crippen LogP contribution is -2.35. The SMILES string of the molecule is CC(C)(C)OC(=O)NCCN.CC(C)(C)OC(=O)NCCNc1ccccc1[N+](=O)[O-].CC(C)(C)OC(=O)NCCn1c(N)nc2ccccc21.NCCn1c(N)nc2ccccc21.O=[N+]([O-])c1ccccc1F. The number of hydrogen-bond donors (Lipinski definition) is 8. The maximum Gasteiger partial charge on any atom is 0.407 e. The van der Waals surface area contributed by atoms with Crippen LogP contribution in [0.5, 0.6) is 0 Å². The van der Waals surface area contributed by atoms with Crippen LogP contribution in [0, 0.1) is 26.0 Å². The number of nitrogens with zero attached hydrogens (tertiary/aromatic N) is 6. The lowest BCUT2D eigenvalue weighted by atomic mass is 10.2. The molecule has 0 aliphatic carbocycles. The van der Waals surface area contributed by atoms with Crippen molar-refractivity contribution in [2.45, 2.75) is 92.2 Å². The van der Waals surface area contributed by atoms with Crippen molar-refractivity contribution in [3.05, 3.63) is 123 Å². The van der Waals surface area contributed by atoms with Crippen LogP contribution in [-0.4, -0.2) is 103 Å². The second-order valence-electron chi connectivity index (χ2n) is 18.5. The molecule has 2 aromatic heterocycles. The molecule has 0 aliphatic heterocycles. The molecule has 0 fully saturated rings. The van der Waals surface area contributed by atoms with Crippen molar-refractivity contribution >= 4 is 69.3 Å². The molecule has 4 aromatic carbocycles. The summed E-state index contributed by atoms with van der Waals surface area (Å²) in [5, 5.41) is 31.5. The first-order chi connectivity index (χ1) is 34.7. The van der Waals surface area contributed by atoms with Gasteiger partial charge in [0.25, 0.3) is 5.69 Å². The Labute approximate surface area is 429 Å². The number of para-hydroxylation sites is 7. The van der Waals surface area contributed by atoms with Gasteiger partial charge in [-0.3, -0.25) is 20.2 Å². The first-order valence-corrected chi connectivity index (χ1v) is 23.2. The predicted molar refractivity (Wildman–Crippen MR) is 284 cm³/mol. The van der Waals surface area contributed by atoms with Crippen LogP contribution in [0.3, 0.4) is 0 Å². The van der Waals surface area contributed by atoms with Crippen LogP contribution in [0.25, 0.3) is 22.1 Å². The molecule has 74 heavy (non-hydrogen) atoms. The number of carbonyl (C=O) groups is 3. The van der Waals surface area contributed by atoms with E-state index in [1.165, 1.54) is 18.2 Å². The Balaban J connectivity index is 0.000000326. The minimum absolute atomic E-state index is 0.00441. The molecule has 2 heterocycles. The highest BCUT2D eigenvalue weighted by atomic mass is 19.1. The molecule has 0 radical (unpaired) electrons. The molecule has 0 unspecified atom stereocenters. The summed E-state index contributed by atoms with van der Waals surface area (Å²) in [4.78, 5) is 61.8. The minimum Gasteiger partial charge on any atom is -0.444 e. The number of imidazole rings is 2. The van der Waals surface area contributed by atoms with Crippen molar-refractivity contribution in [1.29, 1.82) is 0 Å². The fourth-order valence-electron chi connectivity index (χ4n) is 5.92. The Morgan fingerprint density at radius 1 is 0.554 bits per heavy atom. The molecule has 0 bridgehead atoms. The number of aromatic nitrogens is 4. The van der Waals surface area contributed by atoms with Gasteiger partial charge in [-0.05, 0) is 98.7 Å². The minimum atomic E-state index is -0.799. The third-order valence-corrected chi connectivity index (χ3v) is 8.80. The van der Waals surface area contributed by atoms with Gasteiger partial charge >= 0.3 is 24.0 Å². The summed E-state index contributed by atoms with van der Waals surface area (Å²) >= 11 is 0. The van der Waals surface area contributed by atoms with E-state index in [-0.39, 0.29) is 5.69 Å². The summed E-state index contributed by atoms with van der Waals surface area (Å²) < 4.78 is 31.4. The molecule has 6 aromatic rings. The fraction of sp³-hybridized carbons (Fsp3) is 0.408. The highest BCUT2D eigenvalue weighted by molar-refractivity contribution is 5.79. The molecule has 404 valence electrons. The summed E-state index contributed by atoms with van der Waals surface area (Å²) in [7, 11) is 0. The van der Waals surface area contributed by atoms with Crippen LogP contribution in [-0.2, 0) is 27.3 Å². The van der Waals surface area contributed by atoms with Crippen LogP contribution >= 0.6 is 0 Å². The quantitative estimate of drug-likeness (QED) is 0.0241. The van der Waals surface area contributed by atoms with Gasteiger partial charge in [-0.1, -0.05) is 48.5 Å². The molecule has 12 N–H and O–H groups in total. The third-order valence-electron chi connectivity index (χ3n) is 8.80. The number of alkyl carbamates (subject to hydrolysis) is 3. The molecule has 25 heteroatoms. The summed E-state index contributed by atoms with van der Waals surface area (Å²) in [6.07, 6.45) is -1.36. The topological polar surface area (TPSA) is 353 Å². The van der Waals surface area contributed by atoms with Crippen LogP contribution < -0.4 is 44.2 Å². The van der Waals surface area contributed by atoms with Crippen LogP contribution in [0.2, 0.25) is 0 Å². The van der Waals surface area contributed by atoms with Gasteiger partial charge in [-0.2, -0.15) is 4.39 Å². The molecular formula is C49H71FN14O10. The number of halogens is 1. The van der Waals surface area contributed by atoms with E-state index in [0.717, 1.165) is 34.2 Å². The van der Waals surface area contributed by atoms with Crippen molar-refractivity contribution in [2.75, 3.05) is 56.1 Å². The third kappa shape index (κ3) is 23.7. The number of nitrogen functional groups attached to an aromatic ring is 2. The van der Waals surface area contributed by atoms with E-state index in [1.54, 1.807) is 39.0 Å². The first kappa shape index (κ1) is 61.8. The van der Waals surface area contributed by atoms with Crippen LogP contribution in [0.1, 0.15) is 62.3 Å². The summed E-state index contributed by atoms with van der Waals surface area (Å²) in [6.45, 7) is 20.1. The number of carbonyl (C=O) groups excluding carboxylic acids is 3. The highest BCUT2D eigenvalue weighted by Gasteiger charge is 2.18. The van der Waals surface area contributed by atoms with Crippen molar-refractivity contribution in [1.82, 2.24) is 35.1 Å². The number of fused-ring (bicyclic) bond motifs is 2. The van der Waals surface area contributed by atoms with Gasteiger partial charge in [0, 0.05) is 64.5 Å². The number of nitrogens with one attached hydrogen (secondary N) is 4. The number of nitrogens with two attached hydrogens (primary N) is 4. The summed E-state index contributed by atoms with van der Waals surface area (Å²) in [5.41, 5.74) is 24.5. The second-order valence-corrected chi connectivity index (χ2v) is 18.5. The molecule has 0 aliphatic rings. The monoisotopic (exact) mass is 1030 g/mol. The number of amides is 3. The molecule has 0 saturated carbocycles. The second kappa shape index (κ2) is 29.9. The Morgan fingerprint density at radius 2 is 0.946 bits per heavy atom. The van der Waals surface area contributed by atoms with E-state index in [2.05, 4.69) is 31.2 Å². The highest BCUT2D eigenvalue weighted by Crippen LogP contribution is 2.23. The van der Waals surface area contributed by atoms with Gasteiger partial charge in [0.05, 0.1) is 31.9 Å². The van der Waals surface area contributed by atoms with Gasteiger partial charge in [0.2, 0.25) is 17.7 Å². The maximum atomic E-state index is 12.4. The molecule has 3 amide bonds. The number of rotatable bonds is 13. The zero-order valence-corrected chi connectivity index (χ0v) is 43.3. The number of nitro groups is 2. The Bertz CT molecular complexity index is 2730. The standard InChI is InChI=1S/C14H20N4O2.C13H19N3O4.C9H12N4.C7H16N2O2.C6H4FNO2/c1-14(2,3)20-13(19)16-8-9-18-11-7-5-4-6-10(11)17-12(18)15;1-13(2,3)20-12(17)15-9-8-14-10-6-4-5-7-11(10)16(18)19;10-5-6-13-8-4-2-1-3-7(8)12-9(13)11;1-7(2,3)11-6(10)9-5-4-8;7-5-3-1-2-4-6(5)8(9)10/h4-7H,8-9H2,1-3H3,(H2,15,17)(H,16,19);4-7,14H,8-9H2,1-3H3,(H,15,17);1-4H,5-6,10H2,(H2,11,12);4-5,8H2,1-3H3,(H,9,10);1-4H. The van der Waals surface area contributed by atoms with Crippen molar-refractivity contribution < 1.29 is 42.8 Å². The van der Waals surface area contributed by atoms with E-state index < -0.39 is 56.4 Å². The Hall–Kier alpha value is -8.32. The van der Waals surface area contributed by atoms with Crippen molar-refractivity contribution in [3.8, 4) is 0 Å². The number of ether oxygens (including phenoxy) is 3. The van der Waals surface area contributed by atoms with E-state index in [4.69, 9.17) is 37.1 Å². The van der Waals surface area contributed by atoms with E-state index in [9.17, 15) is 39.0 Å². The van der Waals surface area contributed by atoms with Gasteiger partial charge in [-0.25, -0.2) is 24.4 Å². The van der Waals surface area contributed by atoms with E-state index >= 15 is 0 Å². The molecular weight excluding hydrogens is 964 g/mol. The lowest BCUT2D eigenvalue weighted by molar-refractivity contribution is -0.387. The smallest absolute Gasteiger partial charge is 0.407 e. The van der Waals surface area contributed by atoms with E-state index in [1.807, 2.05) is 99.2 Å². The number of nitro benzene ring substituents is 2. The average molecular weight is 1040 g/mol. The van der Waals surface area contributed by atoms with Crippen molar-refractivity contribution in [2.24, 2.45) is 11.5 Å². The summed E-state index contributed by atoms with van der Waals surface area (Å²) in [5.74, 6) is 0.177. The number of hydrogen-bond acceptors (Lipinski definition) is 17. The molecule has 6 rings (SSSR count). The van der Waals surface area contributed by atoms with Gasteiger partial charge < -0.3 is 67.5 Å². The first-order valence-electron chi connectivity index (χ1n) is 23.2. The normalized spacial score (nSPS) is 10.8. The number of anilines is 3. The summed E-state index contributed by atoms with van der Waals surface area (Å²) in [6, 6.07) is 26.9. The van der Waals surface area contributed by atoms with Gasteiger partial charge in [-0.15, -0.1) is 0 Å². The predicted octanol–water partition coefficient (Wildman–Crippen LogP) is 7.46. The lowest BCUT2D eigenvalue weighted by Gasteiger charge is -2.19.